The number of nitrogens with one attached hydrogen (secondary N) is 1. The summed E-state index contributed by atoms with van der Waals surface area (Å²) >= 11 is 6.21. The first kappa shape index (κ1) is 14.6. The summed E-state index contributed by atoms with van der Waals surface area (Å²) in [6.45, 7) is 3.93. The zero-order chi connectivity index (χ0) is 15.9. The lowest BCUT2D eigenvalue weighted by molar-refractivity contribution is 0.101. The number of carbonyl (C=O) groups excluding carboxylic acids is 1. The van der Waals surface area contributed by atoms with Crippen LogP contribution in [0, 0.1) is 0 Å². The third-order valence-corrected chi connectivity index (χ3v) is 3.70. The van der Waals surface area contributed by atoms with Crippen LogP contribution in [0.5, 0.6) is 0 Å². The van der Waals surface area contributed by atoms with Gasteiger partial charge in [0.1, 0.15) is 5.76 Å². The molecule has 0 aliphatic heterocycles. The molecule has 2 aromatic heterocycles. The number of halogens is 1. The molecule has 2 heterocycles. The number of aryl methyl sites for hydroxylation is 1. The number of hydrogen-bond acceptors (Lipinski definition) is 4. The lowest BCUT2D eigenvalue weighted by atomic mass is 10.1. The van der Waals surface area contributed by atoms with E-state index in [-0.39, 0.29) is 17.5 Å². The van der Waals surface area contributed by atoms with Gasteiger partial charge >= 0.3 is 0 Å². The van der Waals surface area contributed by atoms with Gasteiger partial charge in [0.15, 0.2) is 11.5 Å². The Balaban J connectivity index is 1.94. The number of amides is 1. The fourth-order valence-corrected chi connectivity index (χ4v) is 2.46. The van der Waals surface area contributed by atoms with Crippen molar-refractivity contribution in [1.82, 2.24) is 14.9 Å². The van der Waals surface area contributed by atoms with E-state index >= 15 is 0 Å². The van der Waals surface area contributed by atoms with Gasteiger partial charge in [-0.2, -0.15) is 5.10 Å². The second-order valence-corrected chi connectivity index (χ2v) is 5.74. The average molecular weight is 319 g/mol. The van der Waals surface area contributed by atoms with Crippen molar-refractivity contribution >= 4 is 34.2 Å². The predicted molar refractivity (Wildman–Crippen MR) is 84.3 cm³/mol. The molecule has 6 nitrogen and oxygen atoms in total. The van der Waals surface area contributed by atoms with E-state index in [1.54, 1.807) is 23.9 Å². The second kappa shape index (κ2) is 5.46. The molecule has 1 amide bonds. The van der Waals surface area contributed by atoms with Gasteiger partial charge in [0.05, 0.1) is 15.9 Å². The Morgan fingerprint density at radius 2 is 2.18 bits per heavy atom. The molecule has 114 valence electrons. The van der Waals surface area contributed by atoms with E-state index in [0.717, 1.165) is 5.52 Å². The van der Waals surface area contributed by atoms with Crippen LogP contribution in [0.4, 0.5) is 5.82 Å². The minimum Gasteiger partial charge on any atom is -0.360 e. The van der Waals surface area contributed by atoms with E-state index in [1.165, 1.54) is 0 Å². The van der Waals surface area contributed by atoms with Gasteiger partial charge in [-0.15, -0.1) is 0 Å². The fraction of sp³-hybridized carbons (Fsp3) is 0.267. The number of benzene rings is 1. The Morgan fingerprint density at radius 1 is 1.41 bits per heavy atom. The van der Waals surface area contributed by atoms with Crippen LogP contribution in [0.3, 0.4) is 0 Å². The highest BCUT2D eigenvalue weighted by atomic mass is 35.5. The molecule has 1 N–H and O–H groups in total. The molecule has 0 atom stereocenters. The van der Waals surface area contributed by atoms with Crippen LogP contribution in [0.2, 0.25) is 5.02 Å². The zero-order valence-corrected chi connectivity index (χ0v) is 13.2. The molecule has 0 aliphatic carbocycles. The highest BCUT2D eigenvalue weighted by Crippen LogP contribution is 2.30. The van der Waals surface area contributed by atoms with Crippen LogP contribution in [0.15, 0.2) is 28.8 Å². The predicted octanol–water partition coefficient (Wildman–Crippen LogP) is 3.59. The van der Waals surface area contributed by atoms with Crippen molar-refractivity contribution in [3.8, 4) is 0 Å². The van der Waals surface area contributed by atoms with Crippen molar-refractivity contribution < 1.29 is 9.32 Å². The van der Waals surface area contributed by atoms with E-state index in [4.69, 9.17) is 16.1 Å². The summed E-state index contributed by atoms with van der Waals surface area (Å²) in [4.78, 5) is 12.3. The van der Waals surface area contributed by atoms with Gasteiger partial charge in [-0.05, 0) is 12.1 Å². The van der Waals surface area contributed by atoms with E-state index in [1.807, 2.05) is 26.0 Å². The summed E-state index contributed by atoms with van der Waals surface area (Å²) in [5.74, 6) is 0.853. The fourth-order valence-electron chi connectivity index (χ4n) is 2.20. The molecule has 0 bridgehead atoms. The van der Waals surface area contributed by atoms with Crippen molar-refractivity contribution in [1.29, 1.82) is 0 Å². The first-order chi connectivity index (χ1) is 10.5. The number of fused-ring (bicyclic) bond motifs is 1. The Labute approximate surface area is 132 Å². The number of anilines is 1. The van der Waals surface area contributed by atoms with Crippen LogP contribution in [-0.4, -0.2) is 20.8 Å². The summed E-state index contributed by atoms with van der Waals surface area (Å²) in [6, 6.07) is 7.11. The third kappa shape index (κ3) is 2.46. The quantitative estimate of drug-likeness (QED) is 0.801. The van der Waals surface area contributed by atoms with E-state index in [0.29, 0.717) is 22.0 Å². The van der Waals surface area contributed by atoms with Crippen LogP contribution in [0.25, 0.3) is 10.9 Å². The summed E-state index contributed by atoms with van der Waals surface area (Å²) in [5, 5.41) is 12.1. The Kier molecular flexibility index (Phi) is 3.62. The first-order valence-electron chi connectivity index (χ1n) is 6.86. The lowest BCUT2D eigenvalue weighted by Gasteiger charge is -2.00. The summed E-state index contributed by atoms with van der Waals surface area (Å²) < 4.78 is 6.80. The third-order valence-electron chi connectivity index (χ3n) is 3.39. The number of aromatic nitrogens is 3. The Bertz CT molecular complexity index is 850. The maximum absolute atomic E-state index is 12.3. The van der Waals surface area contributed by atoms with Gasteiger partial charge in [0.2, 0.25) is 0 Å². The molecule has 0 fully saturated rings. The molecule has 0 aliphatic rings. The minimum atomic E-state index is -0.379. The van der Waals surface area contributed by atoms with Gasteiger partial charge in [-0.3, -0.25) is 9.48 Å². The highest BCUT2D eigenvalue weighted by Gasteiger charge is 2.18. The summed E-state index contributed by atoms with van der Waals surface area (Å²) in [5.41, 5.74) is 1.06. The summed E-state index contributed by atoms with van der Waals surface area (Å²) in [6.07, 6.45) is 0. The van der Waals surface area contributed by atoms with Crippen LogP contribution >= 0.6 is 11.6 Å². The van der Waals surface area contributed by atoms with Gasteiger partial charge in [-0.1, -0.05) is 36.7 Å². The number of rotatable bonds is 3. The molecule has 7 heteroatoms. The van der Waals surface area contributed by atoms with Crippen LogP contribution in [0.1, 0.15) is 36.0 Å². The smallest absolute Gasteiger partial charge is 0.279 e. The minimum absolute atomic E-state index is 0.166. The monoisotopic (exact) mass is 318 g/mol. The zero-order valence-electron chi connectivity index (χ0n) is 12.4. The Morgan fingerprint density at radius 3 is 2.86 bits per heavy atom. The normalized spacial score (nSPS) is 11.3. The lowest BCUT2D eigenvalue weighted by Crippen LogP contribution is -2.13. The number of carbonyl (C=O) groups is 1. The standard InChI is InChI=1S/C15H15ClN4O2/c1-8(2)12-7-10(19-22-12)15(21)17-14-13-9(16)5-4-6-11(13)20(3)18-14/h4-8H,1-3H3,(H,17,18,21). The number of nitrogens with zero attached hydrogens (tertiary/aromatic N) is 3. The molecule has 22 heavy (non-hydrogen) atoms. The topological polar surface area (TPSA) is 73.0 Å². The van der Waals surface area contributed by atoms with Crippen molar-refractivity contribution in [2.75, 3.05) is 5.32 Å². The van der Waals surface area contributed by atoms with E-state index < -0.39 is 0 Å². The van der Waals surface area contributed by atoms with Gasteiger partial charge < -0.3 is 9.84 Å². The maximum Gasteiger partial charge on any atom is 0.279 e. The molecule has 1 aromatic carbocycles. The van der Waals surface area contributed by atoms with Crippen molar-refractivity contribution in [3.63, 3.8) is 0 Å². The molecule has 0 saturated carbocycles. The maximum atomic E-state index is 12.3. The molecule has 3 rings (SSSR count). The molecule has 0 unspecified atom stereocenters. The van der Waals surface area contributed by atoms with Crippen molar-refractivity contribution in [2.45, 2.75) is 19.8 Å². The highest BCUT2D eigenvalue weighted by molar-refractivity contribution is 6.36. The van der Waals surface area contributed by atoms with E-state index in [2.05, 4.69) is 15.6 Å². The second-order valence-electron chi connectivity index (χ2n) is 5.33. The molecule has 0 radical (unpaired) electrons. The van der Waals surface area contributed by atoms with Crippen molar-refractivity contribution in [3.05, 3.63) is 40.7 Å². The first-order valence-corrected chi connectivity index (χ1v) is 7.24. The van der Waals surface area contributed by atoms with Gasteiger partial charge in [0, 0.05) is 19.0 Å². The Hall–Kier alpha value is -2.34. The average Bonchev–Trinajstić information content (AvgIpc) is 3.06. The van der Waals surface area contributed by atoms with Crippen LogP contribution < -0.4 is 5.32 Å². The molecule has 0 spiro atoms. The van der Waals surface area contributed by atoms with E-state index in [9.17, 15) is 4.79 Å². The molecular formula is C15H15ClN4O2. The largest absolute Gasteiger partial charge is 0.360 e. The van der Waals surface area contributed by atoms with Crippen molar-refractivity contribution in [2.24, 2.45) is 7.05 Å². The molecular weight excluding hydrogens is 304 g/mol. The summed E-state index contributed by atoms with van der Waals surface area (Å²) in [7, 11) is 1.79. The van der Waals surface area contributed by atoms with Gasteiger partial charge in [-0.25, -0.2) is 0 Å². The van der Waals surface area contributed by atoms with Gasteiger partial charge in [0.25, 0.3) is 5.91 Å². The molecule has 3 aromatic rings. The number of hydrogen-bond donors (Lipinski definition) is 1. The molecule has 0 saturated heterocycles. The SMILES string of the molecule is CC(C)c1cc(C(=O)Nc2nn(C)c3cccc(Cl)c23)no1. The van der Waals surface area contributed by atoms with Crippen LogP contribution in [-0.2, 0) is 7.05 Å².